The number of nitrogens with two attached hydrogens (primary N) is 1. The molecule has 0 aliphatic heterocycles. The van der Waals surface area contributed by atoms with Gasteiger partial charge in [-0.2, -0.15) is 0 Å². The average Bonchev–Trinajstić information content (AvgIpc) is 2.29. The predicted molar refractivity (Wildman–Crippen MR) is 69.5 cm³/mol. The summed E-state index contributed by atoms with van der Waals surface area (Å²) in [4.78, 5) is 11.6. The Hall–Kier alpha value is -1.26. The highest BCUT2D eigenvalue weighted by Crippen LogP contribution is 2.27. The molecule has 0 aliphatic carbocycles. The molecular weight excluding hydrogens is 240 g/mol. The van der Waals surface area contributed by atoms with Gasteiger partial charge in [-0.15, -0.1) is 0 Å². The summed E-state index contributed by atoms with van der Waals surface area (Å²) in [5.74, 6) is 0.468. The summed E-state index contributed by atoms with van der Waals surface area (Å²) < 4.78 is 5.02. The molecule has 1 amide bonds. The van der Waals surface area contributed by atoms with Crippen molar-refractivity contribution in [1.29, 1.82) is 0 Å². The van der Waals surface area contributed by atoms with Crippen molar-refractivity contribution < 1.29 is 9.53 Å². The van der Waals surface area contributed by atoms with Crippen molar-refractivity contribution in [2.24, 2.45) is 5.73 Å². The van der Waals surface area contributed by atoms with Crippen LogP contribution < -0.4 is 15.8 Å². The van der Waals surface area contributed by atoms with Gasteiger partial charge in [-0.25, -0.2) is 0 Å². The topological polar surface area (TPSA) is 64.4 Å². The van der Waals surface area contributed by atoms with Gasteiger partial charge in [0.1, 0.15) is 5.75 Å². The number of carbonyl (C=O) groups excluding carboxylic acids is 1. The third-order valence-electron chi connectivity index (χ3n) is 2.41. The maximum absolute atomic E-state index is 11.6. The number of methoxy groups -OCH3 is 1. The number of halogens is 1. The normalized spacial score (nSPS) is 12.0. The van der Waals surface area contributed by atoms with Crippen LogP contribution in [0.3, 0.4) is 0 Å². The van der Waals surface area contributed by atoms with Crippen LogP contribution in [0.2, 0.25) is 5.02 Å². The van der Waals surface area contributed by atoms with Crippen LogP contribution in [0.25, 0.3) is 0 Å². The van der Waals surface area contributed by atoms with Gasteiger partial charge in [-0.3, -0.25) is 4.79 Å². The number of carbonyl (C=O) groups is 1. The summed E-state index contributed by atoms with van der Waals surface area (Å²) in [5, 5.41) is 3.20. The van der Waals surface area contributed by atoms with Gasteiger partial charge in [-0.05, 0) is 24.6 Å². The first-order valence-electron chi connectivity index (χ1n) is 5.45. The molecule has 3 N–H and O–H groups in total. The number of hydrogen-bond acceptors (Lipinski definition) is 3. The SMILES string of the molecule is CCC(N)CC(=O)Nc1ccc(OC)c(Cl)c1. The minimum absolute atomic E-state index is 0.108. The summed E-state index contributed by atoms with van der Waals surface area (Å²) in [6.45, 7) is 1.95. The zero-order valence-corrected chi connectivity index (χ0v) is 10.8. The fourth-order valence-corrected chi connectivity index (χ4v) is 1.60. The fourth-order valence-electron chi connectivity index (χ4n) is 1.34. The van der Waals surface area contributed by atoms with Crippen LogP contribution in [0.15, 0.2) is 18.2 Å². The Kier molecular flexibility index (Phi) is 5.25. The summed E-state index contributed by atoms with van der Waals surface area (Å²) in [5.41, 5.74) is 6.34. The second kappa shape index (κ2) is 6.47. The van der Waals surface area contributed by atoms with Crippen LogP contribution in [0, 0.1) is 0 Å². The molecule has 17 heavy (non-hydrogen) atoms. The van der Waals surface area contributed by atoms with E-state index in [0.29, 0.717) is 22.9 Å². The Morgan fingerprint density at radius 2 is 2.29 bits per heavy atom. The van der Waals surface area contributed by atoms with Crippen molar-refractivity contribution in [3.05, 3.63) is 23.2 Å². The Labute approximate surface area is 106 Å². The molecule has 0 spiro atoms. The molecule has 1 unspecified atom stereocenters. The third-order valence-corrected chi connectivity index (χ3v) is 2.70. The first-order chi connectivity index (χ1) is 8.06. The summed E-state index contributed by atoms with van der Waals surface area (Å²) in [6, 6.07) is 4.98. The molecule has 0 radical (unpaired) electrons. The maximum Gasteiger partial charge on any atom is 0.225 e. The van der Waals surface area contributed by atoms with Gasteiger partial charge >= 0.3 is 0 Å². The molecule has 0 saturated carbocycles. The molecule has 94 valence electrons. The lowest BCUT2D eigenvalue weighted by Crippen LogP contribution is -2.26. The Morgan fingerprint density at radius 1 is 1.59 bits per heavy atom. The number of anilines is 1. The van der Waals surface area contributed by atoms with Gasteiger partial charge in [0, 0.05) is 18.2 Å². The Morgan fingerprint density at radius 3 is 2.82 bits per heavy atom. The van der Waals surface area contributed by atoms with E-state index in [-0.39, 0.29) is 11.9 Å². The second-order valence-corrected chi connectivity index (χ2v) is 4.18. The fraction of sp³-hybridized carbons (Fsp3) is 0.417. The highest BCUT2D eigenvalue weighted by molar-refractivity contribution is 6.32. The van der Waals surface area contributed by atoms with Crippen LogP contribution >= 0.6 is 11.6 Å². The largest absolute Gasteiger partial charge is 0.495 e. The van der Waals surface area contributed by atoms with Crippen LogP contribution in [0.4, 0.5) is 5.69 Å². The highest BCUT2D eigenvalue weighted by atomic mass is 35.5. The molecular formula is C12H17ClN2O2. The molecule has 0 bridgehead atoms. The number of amides is 1. The average molecular weight is 257 g/mol. The van der Waals surface area contributed by atoms with Gasteiger partial charge in [0.2, 0.25) is 5.91 Å². The lowest BCUT2D eigenvalue weighted by atomic mass is 10.1. The van der Waals surface area contributed by atoms with E-state index in [1.165, 1.54) is 0 Å². The summed E-state index contributed by atoms with van der Waals surface area (Å²) in [7, 11) is 1.54. The van der Waals surface area contributed by atoms with Crippen molar-refractivity contribution in [2.45, 2.75) is 25.8 Å². The van der Waals surface area contributed by atoms with Gasteiger partial charge in [0.15, 0.2) is 0 Å². The van der Waals surface area contributed by atoms with Crippen molar-refractivity contribution in [3.63, 3.8) is 0 Å². The summed E-state index contributed by atoms with van der Waals surface area (Å²) in [6.07, 6.45) is 1.08. The zero-order chi connectivity index (χ0) is 12.8. The van der Waals surface area contributed by atoms with Gasteiger partial charge in [-0.1, -0.05) is 18.5 Å². The van der Waals surface area contributed by atoms with Crippen molar-refractivity contribution in [2.75, 3.05) is 12.4 Å². The summed E-state index contributed by atoms with van der Waals surface area (Å²) >= 11 is 5.94. The first kappa shape index (κ1) is 13.8. The second-order valence-electron chi connectivity index (χ2n) is 3.77. The quantitative estimate of drug-likeness (QED) is 0.850. The van der Waals surface area contributed by atoms with Crippen LogP contribution in [-0.2, 0) is 4.79 Å². The third kappa shape index (κ3) is 4.24. The van der Waals surface area contributed by atoms with E-state index in [9.17, 15) is 4.79 Å². The molecule has 0 aliphatic rings. The molecule has 5 heteroatoms. The minimum Gasteiger partial charge on any atom is -0.495 e. The van der Waals surface area contributed by atoms with Crippen molar-refractivity contribution in [3.8, 4) is 5.75 Å². The predicted octanol–water partition coefficient (Wildman–Crippen LogP) is 2.41. The Bertz CT molecular complexity index is 396. The minimum atomic E-state index is -0.111. The molecule has 0 aromatic heterocycles. The van der Waals surface area contributed by atoms with E-state index in [4.69, 9.17) is 22.1 Å². The molecule has 0 heterocycles. The smallest absolute Gasteiger partial charge is 0.225 e. The van der Waals surface area contributed by atoms with Crippen molar-refractivity contribution in [1.82, 2.24) is 0 Å². The first-order valence-corrected chi connectivity index (χ1v) is 5.83. The lowest BCUT2D eigenvalue weighted by Gasteiger charge is -2.10. The van der Waals surface area contributed by atoms with Gasteiger partial charge in [0.25, 0.3) is 0 Å². The number of nitrogens with one attached hydrogen (secondary N) is 1. The highest BCUT2D eigenvalue weighted by Gasteiger charge is 2.09. The monoisotopic (exact) mass is 256 g/mol. The maximum atomic E-state index is 11.6. The molecule has 1 aromatic carbocycles. The van der Waals surface area contributed by atoms with E-state index in [2.05, 4.69) is 5.32 Å². The molecule has 0 saturated heterocycles. The number of rotatable bonds is 5. The van der Waals surface area contributed by atoms with E-state index in [0.717, 1.165) is 6.42 Å². The number of ether oxygens (including phenoxy) is 1. The Balaban J connectivity index is 2.63. The van der Waals surface area contributed by atoms with E-state index < -0.39 is 0 Å². The number of benzene rings is 1. The van der Waals surface area contributed by atoms with Crippen LogP contribution in [0.1, 0.15) is 19.8 Å². The van der Waals surface area contributed by atoms with Gasteiger partial charge in [0.05, 0.1) is 12.1 Å². The molecule has 1 rings (SSSR count). The van der Waals surface area contributed by atoms with Crippen LogP contribution in [0.5, 0.6) is 5.75 Å². The van der Waals surface area contributed by atoms with Gasteiger partial charge < -0.3 is 15.8 Å². The molecule has 1 atom stereocenters. The van der Waals surface area contributed by atoms with E-state index in [1.54, 1.807) is 25.3 Å². The van der Waals surface area contributed by atoms with E-state index >= 15 is 0 Å². The van der Waals surface area contributed by atoms with Crippen LogP contribution in [-0.4, -0.2) is 19.1 Å². The lowest BCUT2D eigenvalue weighted by molar-refractivity contribution is -0.116. The zero-order valence-electron chi connectivity index (χ0n) is 10.00. The number of hydrogen-bond donors (Lipinski definition) is 2. The molecule has 0 fully saturated rings. The van der Waals surface area contributed by atoms with Crippen molar-refractivity contribution >= 4 is 23.2 Å². The standard InChI is InChI=1S/C12H17ClN2O2/c1-3-8(14)6-12(16)15-9-4-5-11(17-2)10(13)7-9/h4-5,7-8H,3,6,14H2,1-2H3,(H,15,16). The molecule has 4 nitrogen and oxygen atoms in total. The molecule has 1 aromatic rings. The van der Waals surface area contributed by atoms with E-state index in [1.807, 2.05) is 6.92 Å².